The Labute approximate surface area is 158 Å². The Morgan fingerprint density at radius 3 is 2.73 bits per heavy atom. The number of methoxy groups -OCH3 is 1. The molecular weight excluding hydrogens is 384 g/mol. The fourth-order valence-electron chi connectivity index (χ4n) is 2.66. The number of carbonyl (C=O) groups is 2. The largest absolute Gasteiger partial charge is 0.465 e. The van der Waals surface area contributed by atoms with Gasteiger partial charge in [0, 0.05) is 15.5 Å². The lowest BCUT2D eigenvalue weighted by molar-refractivity contribution is -0.124. The Kier molecular flexibility index (Phi) is 4.94. The second-order valence-electron chi connectivity index (χ2n) is 5.78. The average Bonchev–Trinajstić information content (AvgIpc) is 2.60. The number of halogens is 3. The van der Waals surface area contributed by atoms with Gasteiger partial charge in [0.25, 0.3) is 5.91 Å². The van der Waals surface area contributed by atoms with Gasteiger partial charge in [0.2, 0.25) is 5.00 Å². The maximum atomic E-state index is 14.8. The molecule has 0 N–H and O–H groups in total. The second kappa shape index (κ2) is 6.89. The molecule has 1 amide bonds. The molecule has 0 bridgehead atoms. The van der Waals surface area contributed by atoms with E-state index in [-0.39, 0.29) is 22.7 Å². The summed E-state index contributed by atoms with van der Waals surface area (Å²) in [5.74, 6) is -2.05. The maximum Gasteiger partial charge on any atom is 0.337 e. The summed E-state index contributed by atoms with van der Waals surface area (Å²) in [7, 11) is 1.23. The summed E-state index contributed by atoms with van der Waals surface area (Å²) in [6, 6.07) is 8.59. The Hall–Kier alpha value is -2.12. The normalized spacial score (nSPS) is 19.3. The van der Waals surface area contributed by atoms with Gasteiger partial charge in [0.15, 0.2) is 0 Å². The monoisotopic (exact) mass is 397 g/mol. The van der Waals surface area contributed by atoms with Crippen molar-refractivity contribution in [3.8, 4) is 0 Å². The number of thioether (sulfide) groups is 1. The average molecular weight is 398 g/mol. The van der Waals surface area contributed by atoms with Gasteiger partial charge >= 0.3 is 5.97 Å². The van der Waals surface area contributed by atoms with E-state index in [4.69, 9.17) is 11.6 Å². The van der Waals surface area contributed by atoms with Crippen molar-refractivity contribution in [2.45, 2.75) is 23.4 Å². The number of rotatable bonds is 3. The fraction of sp³-hybridized carbons (Fsp3) is 0.222. The summed E-state index contributed by atoms with van der Waals surface area (Å²) in [6.45, 7) is 0.884. The van der Waals surface area contributed by atoms with E-state index in [1.165, 1.54) is 43.5 Å². The number of fused-ring (bicyclic) bond motifs is 1. The van der Waals surface area contributed by atoms with Crippen molar-refractivity contribution in [3.63, 3.8) is 0 Å². The molecule has 136 valence electrons. The molecule has 1 unspecified atom stereocenters. The topological polar surface area (TPSA) is 46.6 Å². The van der Waals surface area contributed by atoms with E-state index < -0.39 is 22.7 Å². The third-order valence-corrected chi connectivity index (χ3v) is 5.45. The first-order valence-electron chi connectivity index (χ1n) is 7.59. The van der Waals surface area contributed by atoms with E-state index in [1.54, 1.807) is 0 Å². The fourth-order valence-corrected chi connectivity index (χ4v) is 3.90. The number of anilines is 1. The van der Waals surface area contributed by atoms with Crippen molar-refractivity contribution < 1.29 is 23.1 Å². The van der Waals surface area contributed by atoms with Crippen LogP contribution in [-0.2, 0) is 16.1 Å². The number of hydrogen-bond donors (Lipinski definition) is 0. The van der Waals surface area contributed by atoms with Gasteiger partial charge in [-0.3, -0.25) is 4.79 Å². The van der Waals surface area contributed by atoms with Crippen molar-refractivity contribution in [1.29, 1.82) is 0 Å². The van der Waals surface area contributed by atoms with E-state index in [0.29, 0.717) is 10.6 Å². The van der Waals surface area contributed by atoms with Crippen LogP contribution in [0.15, 0.2) is 41.3 Å². The van der Waals surface area contributed by atoms with Crippen LogP contribution in [0.1, 0.15) is 22.8 Å². The standard InChI is InChI=1S/C18H14ClF2NO3S/c1-18(21)17(24)22(9-11-12(19)4-3-5-13(11)20)14-8-10(16(23)25-2)6-7-15(14)26-18/h3-8H,9H2,1-2H3. The van der Waals surface area contributed by atoms with Crippen LogP contribution in [0.2, 0.25) is 5.02 Å². The van der Waals surface area contributed by atoms with E-state index in [1.807, 2.05) is 0 Å². The molecular formula is C18H14ClF2NO3S. The van der Waals surface area contributed by atoms with Crippen LogP contribution in [0.5, 0.6) is 0 Å². The number of carbonyl (C=O) groups excluding carboxylic acids is 2. The Morgan fingerprint density at radius 2 is 2.08 bits per heavy atom. The van der Waals surface area contributed by atoms with Crippen LogP contribution in [0, 0.1) is 5.82 Å². The first-order valence-corrected chi connectivity index (χ1v) is 8.79. The zero-order valence-corrected chi connectivity index (χ0v) is 15.5. The number of ether oxygens (including phenoxy) is 1. The number of alkyl halides is 1. The SMILES string of the molecule is COC(=O)c1ccc2c(c1)N(Cc1c(F)cccc1Cl)C(=O)C(C)(F)S2. The second-order valence-corrected chi connectivity index (χ2v) is 7.60. The van der Waals surface area contributed by atoms with Gasteiger partial charge in [-0.05, 0) is 37.3 Å². The Morgan fingerprint density at radius 1 is 1.35 bits per heavy atom. The van der Waals surface area contributed by atoms with E-state index in [2.05, 4.69) is 4.74 Å². The summed E-state index contributed by atoms with van der Waals surface area (Å²) < 4.78 is 33.6. The number of nitrogens with zero attached hydrogens (tertiary/aromatic N) is 1. The molecule has 26 heavy (non-hydrogen) atoms. The molecule has 4 nitrogen and oxygen atoms in total. The zero-order valence-electron chi connectivity index (χ0n) is 13.9. The van der Waals surface area contributed by atoms with Crippen LogP contribution < -0.4 is 4.90 Å². The van der Waals surface area contributed by atoms with E-state index in [9.17, 15) is 18.4 Å². The third-order valence-electron chi connectivity index (χ3n) is 3.98. The van der Waals surface area contributed by atoms with Crippen LogP contribution in [0.25, 0.3) is 0 Å². The molecule has 3 rings (SSSR count). The molecule has 1 atom stereocenters. The molecule has 1 aliphatic rings. The van der Waals surface area contributed by atoms with Crippen molar-refractivity contribution in [2.24, 2.45) is 0 Å². The minimum atomic E-state index is -2.22. The summed E-state index contributed by atoms with van der Waals surface area (Å²) in [5, 5.41) is -2.10. The first kappa shape index (κ1) is 18.7. The highest BCUT2D eigenvalue weighted by molar-refractivity contribution is 8.01. The lowest BCUT2D eigenvalue weighted by atomic mass is 10.1. The lowest BCUT2D eigenvalue weighted by Crippen LogP contribution is -2.45. The van der Waals surface area contributed by atoms with Gasteiger partial charge in [-0.1, -0.05) is 29.4 Å². The van der Waals surface area contributed by atoms with Gasteiger partial charge in [0.1, 0.15) is 5.82 Å². The number of amides is 1. The van der Waals surface area contributed by atoms with Crippen molar-refractivity contribution in [1.82, 2.24) is 0 Å². The highest BCUT2D eigenvalue weighted by atomic mass is 35.5. The van der Waals surface area contributed by atoms with Crippen LogP contribution in [-0.4, -0.2) is 24.0 Å². The molecule has 0 spiro atoms. The molecule has 1 heterocycles. The van der Waals surface area contributed by atoms with Crippen LogP contribution >= 0.6 is 23.4 Å². The highest BCUT2D eigenvalue weighted by Gasteiger charge is 2.44. The Bertz CT molecular complexity index is 884. The predicted octanol–water partition coefficient (Wildman–Crippen LogP) is 4.59. The van der Waals surface area contributed by atoms with Gasteiger partial charge in [0.05, 0.1) is 24.9 Å². The zero-order chi connectivity index (χ0) is 19.1. The third kappa shape index (κ3) is 3.29. The number of hydrogen-bond acceptors (Lipinski definition) is 4. The number of benzene rings is 2. The molecule has 0 saturated carbocycles. The van der Waals surface area contributed by atoms with Crippen molar-refractivity contribution in [2.75, 3.05) is 12.0 Å². The van der Waals surface area contributed by atoms with Gasteiger partial charge in [-0.25, -0.2) is 13.6 Å². The van der Waals surface area contributed by atoms with E-state index in [0.717, 1.165) is 23.6 Å². The molecule has 8 heteroatoms. The number of esters is 1. The molecule has 0 saturated heterocycles. The molecule has 2 aromatic carbocycles. The smallest absolute Gasteiger partial charge is 0.337 e. The maximum absolute atomic E-state index is 14.8. The summed E-state index contributed by atoms with van der Waals surface area (Å²) in [6.07, 6.45) is 0. The highest BCUT2D eigenvalue weighted by Crippen LogP contribution is 2.47. The van der Waals surface area contributed by atoms with Crippen molar-refractivity contribution >= 4 is 40.9 Å². The lowest BCUT2D eigenvalue weighted by Gasteiger charge is -2.35. The van der Waals surface area contributed by atoms with Crippen LogP contribution in [0.3, 0.4) is 0 Å². The summed E-state index contributed by atoms with van der Waals surface area (Å²) in [5.41, 5.74) is 0.573. The Balaban J connectivity index is 2.11. The van der Waals surface area contributed by atoms with Gasteiger partial charge in [-0.15, -0.1) is 0 Å². The quantitative estimate of drug-likeness (QED) is 0.711. The molecule has 1 aliphatic heterocycles. The molecule has 0 aliphatic carbocycles. The van der Waals surface area contributed by atoms with Gasteiger partial charge in [-0.2, -0.15) is 0 Å². The molecule has 0 radical (unpaired) electrons. The minimum absolute atomic E-state index is 0.0691. The van der Waals surface area contributed by atoms with Gasteiger partial charge < -0.3 is 9.64 Å². The van der Waals surface area contributed by atoms with Crippen LogP contribution in [0.4, 0.5) is 14.5 Å². The van der Waals surface area contributed by atoms with Crippen molar-refractivity contribution in [3.05, 3.63) is 58.4 Å². The molecule has 2 aromatic rings. The minimum Gasteiger partial charge on any atom is -0.465 e. The first-order chi connectivity index (χ1) is 12.2. The molecule has 0 aromatic heterocycles. The van der Waals surface area contributed by atoms with E-state index >= 15 is 0 Å². The summed E-state index contributed by atoms with van der Waals surface area (Å²) in [4.78, 5) is 26.0. The summed E-state index contributed by atoms with van der Waals surface area (Å²) >= 11 is 6.78. The predicted molar refractivity (Wildman–Crippen MR) is 95.8 cm³/mol. The molecule has 0 fully saturated rings.